The number of hydrogen-bond acceptors (Lipinski definition) is 2. The number of amides is 1. The van der Waals surface area contributed by atoms with E-state index in [1.54, 1.807) is 7.05 Å². The van der Waals surface area contributed by atoms with Crippen molar-refractivity contribution in [3.63, 3.8) is 0 Å². The van der Waals surface area contributed by atoms with Crippen LogP contribution in [-0.2, 0) is 17.8 Å². The van der Waals surface area contributed by atoms with Crippen LogP contribution in [0.3, 0.4) is 0 Å². The van der Waals surface area contributed by atoms with Gasteiger partial charge < -0.3 is 15.5 Å². The van der Waals surface area contributed by atoms with Crippen molar-refractivity contribution in [3.8, 4) is 0 Å². The lowest BCUT2D eigenvalue weighted by molar-refractivity contribution is -0.117. The van der Waals surface area contributed by atoms with Gasteiger partial charge in [-0.1, -0.05) is 12.1 Å². The van der Waals surface area contributed by atoms with E-state index >= 15 is 0 Å². The first-order valence-corrected chi connectivity index (χ1v) is 9.34. The molecule has 0 unspecified atom stereocenters. The predicted molar refractivity (Wildman–Crippen MR) is 122 cm³/mol. The van der Waals surface area contributed by atoms with Crippen molar-refractivity contribution in [2.24, 2.45) is 4.99 Å². The molecule has 5 nitrogen and oxygen atoms in total. The van der Waals surface area contributed by atoms with Crippen LogP contribution >= 0.6 is 24.0 Å². The second-order valence-electron chi connectivity index (χ2n) is 6.65. The molecule has 156 valence electrons. The molecule has 3 rings (SSSR count). The molecule has 0 aliphatic carbocycles. The summed E-state index contributed by atoms with van der Waals surface area (Å²) in [5, 5.41) is 6.28. The molecule has 0 saturated carbocycles. The Labute approximate surface area is 186 Å². The van der Waals surface area contributed by atoms with Crippen LogP contribution < -0.4 is 15.5 Å². The summed E-state index contributed by atoms with van der Waals surface area (Å²) in [6, 6.07) is 11.3. The van der Waals surface area contributed by atoms with Crippen LogP contribution in [0.4, 0.5) is 14.5 Å². The number of benzene rings is 2. The highest BCUT2D eigenvalue weighted by atomic mass is 127. The summed E-state index contributed by atoms with van der Waals surface area (Å²) < 4.78 is 26.9. The highest BCUT2D eigenvalue weighted by Gasteiger charge is 2.21. The van der Waals surface area contributed by atoms with Crippen molar-refractivity contribution in [1.82, 2.24) is 10.6 Å². The fraction of sp³-hybridized carbons (Fsp3) is 0.333. The van der Waals surface area contributed by atoms with Gasteiger partial charge in [-0.25, -0.2) is 8.78 Å². The molecule has 1 saturated heterocycles. The van der Waals surface area contributed by atoms with Crippen molar-refractivity contribution in [1.29, 1.82) is 0 Å². The standard InChI is InChI=1S/C21H24F2N4O.HI/c1-24-21(25-11-10-16-13-17(22)6-9-19(16)23)26-14-15-4-7-18(8-5-15)27-12-2-3-20(27)28;/h4-9,13H,2-3,10-12,14H2,1H3,(H2,24,25,26);1H. The molecule has 2 aromatic carbocycles. The Balaban J connectivity index is 0.00000300. The SMILES string of the molecule is CN=C(NCCc1cc(F)ccc1F)NCc1ccc(N2CCCC2=O)cc1.I. The van der Waals surface area contributed by atoms with Crippen molar-refractivity contribution in [2.45, 2.75) is 25.8 Å². The molecule has 1 fully saturated rings. The first-order valence-electron chi connectivity index (χ1n) is 9.34. The maximum Gasteiger partial charge on any atom is 0.227 e. The van der Waals surface area contributed by atoms with E-state index in [9.17, 15) is 13.6 Å². The number of rotatable bonds is 6. The van der Waals surface area contributed by atoms with E-state index in [-0.39, 0.29) is 29.9 Å². The number of carbonyl (C=O) groups excluding carboxylic acids is 1. The Hall–Kier alpha value is -2.23. The smallest absolute Gasteiger partial charge is 0.227 e. The average Bonchev–Trinajstić information content (AvgIpc) is 3.13. The summed E-state index contributed by atoms with van der Waals surface area (Å²) in [5.74, 6) is -0.110. The number of nitrogens with one attached hydrogen (secondary N) is 2. The van der Waals surface area contributed by atoms with Gasteiger partial charge in [0.25, 0.3) is 0 Å². The van der Waals surface area contributed by atoms with Crippen molar-refractivity contribution >= 4 is 41.5 Å². The topological polar surface area (TPSA) is 56.7 Å². The van der Waals surface area contributed by atoms with Gasteiger partial charge in [-0.15, -0.1) is 24.0 Å². The van der Waals surface area contributed by atoms with E-state index in [4.69, 9.17) is 0 Å². The van der Waals surface area contributed by atoms with E-state index < -0.39 is 11.6 Å². The number of aliphatic imine (C=N–C) groups is 1. The minimum absolute atomic E-state index is 0. The predicted octanol–water partition coefficient (Wildman–Crippen LogP) is 3.62. The molecule has 29 heavy (non-hydrogen) atoms. The summed E-state index contributed by atoms with van der Waals surface area (Å²) in [7, 11) is 1.65. The van der Waals surface area contributed by atoms with Crippen LogP contribution in [0.25, 0.3) is 0 Å². The molecule has 0 radical (unpaired) electrons. The summed E-state index contributed by atoms with van der Waals surface area (Å²) in [5.41, 5.74) is 2.30. The molecular weight excluding hydrogens is 489 g/mol. The fourth-order valence-electron chi connectivity index (χ4n) is 3.17. The van der Waals surface area contributed by atoms with Crippen LogP contribution in [-0.4, -0.2) is 32.0 Å². The zero-order valence-corrected chi connectivity index (χ0v) is 18.6. The third-order valence-electron chi connectivity index (χ3n) is 4.70. The van der Waals surface area contributed by atoms with Gasteiger partial charge in [0.15, 0.2) is 5.96 Å². The Morgan fingerprint density at radius 2 is 1.90 bits per heavy atom. The summed E-state index contributed by atoms with van der Waals surface area (Å²) in [6.07, 6.45) is 1.87. The van der Waals surface area contributed by atoms with Crippen LogP contribution in [0.1, 0.15) is 24.0 Å². The van der Waals surface area contributed by atoms with Gasteiger partial charge in [-0.05, 0) is 54.3 Å². The van der Waals surface area contributed by atoms with E-state index in [1.165, 1.54) is 6.07 Å². The van der Waals surface area contributed by atoms with Crippen molar-refractivity contribution in [3.05, 3.63) is 65.2 Å². The zero-order chi connectivity index (χ0) is 19.9. The van der Waals surface area contributed by atoms with Gasteiger partial charge in [-0.3, -0.25) is 9.79 Å². The highest BCUT2D eigenvalue weighted by molar-refractivity contribution is 14.0. The Bertz CT molecular complexity index is 858. The zero-order valence-electron chi connectivity index (χ0n) is 16.3. The minimum Gasteiger partial charge on any atom is -0.356 e. The van der Waals surface area contributed by atoms with Gasteiger partial charge in [0.1, 0.15) is 11.6 Å². The third kappa shape index (κ3) is 6.38. The lowest BCUT2D eigenvalue weighted by atomic mass is 10.1. The van der Waals surface area contributed by atoms with E-state index in [2.05, 4.69) is 15.6 Å². The number of anilines is 1. The molecule has 1 aliphatic rings. The number of nitrogens with zero attached hydrogens (tertiary/aromatic N) is 2. The minimum atomic E-state index is -0.446. The molecule has 1 heterocycles. The second-order valence-corrected chi connectivity index (χ2v) is 6.65. The van der Waals surface area contributed by atoms with Crippen LogP contribution in [0.2, 0.25) is 0 Å². The lowest BCUT2D eigenvalue weighted by Crippen LogP contribution is -2.37. The van der Waals surface area contributed by atoms with Gasteiger partial charge in [-0.2, -0.15) is 0 Å². The largest absolute Gasteiger partial charge is 0.356 e. The molecule has 2 aromatic rings. The molecule has 0 atom stereocenters. The van der Waals surface area contributed by atoms with Gasteiger partial charge in [0.05, 0.1) is 0 Å². The maximum atomic E-state index is 13.6. The highest BCUT2D eigenvalue weighted by Crippen LogP contribution is 2.21. The van der Waals surface area contributed by atoms with E-state index in [1.807, 2.05) is 29.2 Å². The first-order chi connectivity index (χ1) is 13.6. The molecule has 0 aromatic heterocycles. The summed E-state index contributed by atoms with van der Waals surface area (Å²) in [4.78, 5) is 17.7. The van der Waals surface area contributed by atoms with Crippen LogP contribution in [0, 0.1) is 11.6 Å². The molecule has 8 heteroatoms. The number of carbonyl (C=O) groups is 1. The van der Waals surface area contributed by atoms with Gasteiger partial charge in [0.2, 0.25) is 5.91 Å². The molecular formula is C21H25F2IN4O. The monoisotopic (exact) mass is 514 g/mol. The quantitative estimate of drug-likeness (QED) is 0.352. The van der Waals surface area contributed by atoms with Crippen LogP contribution in [0.5, 0.6) is 0 Å². The van der Waals surface area contributed by atoms with E-state index in [0.717, 1.165) is 36.3 Å². The first kappa shape index (κ1) is 23.1. The fourth-order valence-corrected chi connectivity index (χ4v) is 3.17. The Kier molecular flexibility index (Phi) is 8.81. The molecule has 1 aliphatic heterocycles. The molecule has 0 bridgehead atoms. The number of guanidine groups is 1. The lowest BCUT2D eigenvalue weighted by Gasteiger charge is -2.16. The van der Waals surface area contributed by atoms with E-state index in [0.29, 0.717) is 37.5 Å². The summed E-state index contributed by atoms with van der Waals surface area (Å²) >= 11 is 0. The second kappa shape index (κ2) is 11.1. The third-order valence-corrected chi connectivity index (χ3v) is 4.70. The average molecular weight is 514 g/mol. The molecule has 0 spiro atoms. The Morgan fingerprint density at radius 1 is 1.14 bits per heavy atom. The number of halogens is 3. The van der Waals surface area contributed by atoms with Crippen molar-refractivity contribution < 1.29 is 13.6 Å². The van der Waals surface area contributed by atoms with Crippen LogP contribution in [0.15, 0.2) is 47.5 Å². The Morgan fingerprint density at radius 3 is 2.55 bits per heavy atom. The summed E-state index contributed by atoms with van der Waals surface area (Å²) in [6.45, 7) is 1.76. The van der Waals surface area contributed by atoms with Crippen molar-refractivity contribution in [2.75, 3.05) is 25.0 Å². The maximum absolute atomic E-state index is 13.6. The van der Waals surface area contributed by atoms with Gasteiger partial charge >= 0.3 is 0 Å². The van der Waals surface area contributed by atoms with Gasteiger partial charge in [0, 0.05) is 38.8 Å². The number of hydrogen-bond donors (Lipinski definition) is 2. The normalized spacial score (nSPS) is 14.0. The molecule has 1 amide bonds. The molecule has 2 N–H and O–H groups in total.